The Labute approximate surface area is 207 Å². The van der Waals surface area contributed by atoms with Crippen molar-refractivity contribution < 1.29 is 19.5 Å². The van der Waals surface area contributed by atoms with Crippen molar-refractivity contribution in [2.45, 2.75) is 19.4 Å². The Hall–Kier alpha value is -4.27. The van der Waals surface area contributed by atoms with Gasteiger partial charge in [-0.1, -0.05) is 17.0 Å². The summed E-state index contributed by atoms with van der Waals surface area (Å²) < 4.78 is 6.93. The predicted octanol–water partition coefficient (Wildman–Crippen LogP) is 1.51. The van der Waals surface area contributed by atoms with Gasteiger partial charge in [0.2, 0.25) is 5.95 Å². The molecule has 2 aliphatic rings. The van der Waals surface area contributed by atoms with E-state index in [-0.39, 0.29) is 11.9 Å². The van der Waals surface area contributed by atoms with Gasteiger partial charge in [-0.15, -0.1) is 0 Å². The fourth-order valence-electron chi connectivity index (χ4n) is 4.02. The van der Waals surface area contributed by atoms with Crippen LogP contribution in [0.25, 0.3) is 16.7 Å². The quantitative estimate of drug-likeness (QED) is 0.530. The second kappa shape index (κ2) is 9.41. The number of nitrogen functional groups attached to an aromatic ring is 1. The molecule has 3 aromatic rings. The number of hydrogen-bond donors (Lipinski definition) is 2. The largest absolute Gasteiger partial charge is 0.378 e. The maximum absolute atomic E-state index is 13.3. The molecular weight excluding hydrogens is 462 g/mol. The zero-order chi connectivity index (χ0) is 25.3. The van der Waals surface area contributed by atoms with E-state index in [0.29, 0.717) is 60.0 Å². The maximum Gasteiger partial charge on any atom is 0.275 e. The Morgan fingerprint density at radius 2 is 2.08 bits per heavy atom. The Balaban J connectivity index is 1.57. The Morgan fingerprint density at radius 1 is 1.28 bits per heavy atom. The van der Waals surface area contributed by atoms with Gasteiger partial charge in [-0.25, -0.2) is 9.67 Å². The number of aromatic nitrogens is 4. The molecule has 0 spiro atoms. The number of rotatable bonds is 3. The summed E-state index contributed by atoms with van der Waals surface area (Å²) in [7, 11) is 0. The summed E-state index contributed by atoms with van der Waals surface area (Å²) in [4.78, 5) is 28.3. The molecule has 1 saturated heterocycles. The van der Waals surface area contributed by atoms with Crippen LogP contribution in [-0.2, 0) is 9.57 Å². The van der Waals surface area contributed by atoms with Crippen LogP contribution < -0.4 is 5.73 Å². The molecule has 0 bridgehead atoms. The van der Waals surface area contributed by atoms with Gasteiger partial charge in [0.1, 0.15) is 11.4 Å². The van der Waals surface area contributed by atoms with Crippen LogP contribution >= 0.6 is 0 Å². The maximum atomic E-state index is 13.3. The molecule has 36 heavy (non-hydrogen) atoms. The number of hydrogen-bond acceptors (Lipinski definition) is 9. The molecule has 11 nitrogen and oxygen atoms in total. The van der Waals surface area contributed by atoms with Gasteiger partial charge in [-0.05, 0) is 38.1 Å². The molecule has 1 fully saturated rings. The van der Waals surface area contributed by atoms with Crippen molar-refractivity contribution >= 4 is 29.0 Å². The molecular formula is C25H25N7O4. The number of morpholine rings is 1. The van der Waals surface area contributed by atoms with E-state index in [0.717, 1.165) is 0 Å². The van der Waals surface area contributed by atoms with Crippen LogP contribution in [0.3, 0.4) is 0 Å². The molecule has 3 N–H and O–H groups in total. The number of allylic oxidation sites excluding steroid dienone is 1. The van der Waals surface area contributed by atoms with Gasteiger partial charge in [0.05, 0.1) is 30.9 Å². The first kappa shape index (κ1) is 23.5. The van der Waals surface area contributed by atoms with Crippen LogP contribution in [0.2, 0.25) is 0 Å². The number of nitrogens with zero attached hydrogens (tertiary/aromatic N) is 6. The molecule has 2 aliphatic heterocycles. The van der Waals surface area contributed by atoms with E-state index in [1.165, 1.54) is 12.4 Å². The van der Waals surface area contributed by atoms with Crippen molar-refractivity contribution in [1.82, 2.24) is 24.6 Å². The highest BCUT2D eigenvalue weighted by atomic mass is 16.6. The van der Waals surface area contributed by atoms with Gasteiger partial charge >= 0.3 is 0 Å². The summed E-state index contributed by atoms with van der Waals surface area (Å²) in [6.45, 7) is 5.35. The number of nitrogens with two attached hydrogens (primary N) is 1. The third kappa shape index (κ3) is 4.64. The van der Waals surface area contributed by atoms with Gasteiger partial charge in [-0.3, -0.25) is 4.79 Å². The highest BCUT2D eigenvalue weighted by Gasteiger charge is 2.29. The minimum atomic E-state index is -1.37. The Kier molecular flexibility index (Phi) is 6.13. The van der Waals surface area contributed by atoms with E-state index >= 15 is 0 Å². The second-order valence-corrected chi connectivity index (χ2v) is 8.72. The summed E-state index contributed by atoms with van der Waals surface area (Å²) in [6, 6.07) is 7.06. The zero-order valence-electron chi connectivity index (χ0n) is 19.9. The SMILES string of the molecule is CC1=CC([C@@](C)(O)C#Cc2ccc3c(C(=O)N4CCOCC4)nn(-c4ccnc(N)n4)c3c2)C=NO1. The first-order valence-electron chi connectivity index (χ1n) is 11.4. The number of amides is 1. The summed E-state index contributed by atoms with van der Waals surface area (Å²) in [5.74, 6) is 6.46. The van der Waals surface area contributed by atoms with Gasteiger partial charge < -0.3 is 25.3 Å². The van der Waals surface area contributed by atoms with E-state index in [1.54, 1.807) is 53.8 Å². The lowest BCUT2D eigenvalue weighted by Gasteiger charge is -2.26. The third-order valence-electron chi connectivity index (χ3n) is 6.00. The van der Waals surface area contributed by atoms with Gasteiger partial charge in [-0.2, -0.15) is 10.1 Å². The topological polar surface area (TPSA) is 141 Å². The number of carbonyl (C=O) groups is 1. The molecule has 1 amide bonds. The van der Waals surface area contributed by atoms with Gasteiger partial charge in [0, 0.05) is 36.3 Å². The Bertz CT molecular complexity index is 1440. The van der Waals surface area contributed by atoms with Crippen LogP contribution in [0.1, 0.15) is 29.9 Å². The van der Waals surface area contributed by atoms with E-state index in [1.807, 2.05) is 0 Å². The number of anilines is 1. The second-order valence-electron chi connectivity index (χ2n) is 8.72. The van der Waals surface area contributed by atoms with Crippen LogP contribution in [0.5, 0.6) is 0 Å². The molecule has 2 aromatic heterocycles. The minimum Gasteiger partial charge on any atom is -0.378 e. The van der Waals surface area contributed by atoms with Crippen molar-refractivity contribution in [3.05, 3.63) is 53.6 Å². The third-order valence-corrected chi connectivity index (χ3v) is 6.00. The lowest BCUT2D eigenvalue weighted by atomic mass is 9.89. The van der Waals surface area contributed by atoms with Gasteiger partial charge in [0.15, 0.2) is 11.5 Å². The normalized spacial score (nSPS) is 19.1. The lowest BCUT2D eigenvalue weighted by molar-refractivity contribution is 0.0300. The fraction of sp³-hybridized carbons (Fsp3) is 0.320. The van der Waals surface area contributed by atoms with Crippen molar-refractivity contribution in [2.75, 3.05) is 32.0 Å². The first-order chi connectivity index (χ1) is 17.3. The predicted molar refractivity (Wildman–Crippen MR) is 132 cm³/mol. The van der Waals surface area contributed by atoms with Crippen molar-refractivity contribution in [3.8, 4) is 17.7 Å². The van der Waals surface area contributed by atoms with Crippen LogP contribution in [-0.4, -0.2) is 73.8 Å². The molecule has 4 heterocycles. The summed E-state index contributed by atoms with van der Waals surface area (Å²) in [5.41, 5.74) is 5.98. The number of fused-ring (bicyclic) bond motifs is 1. The molecule has 5 rings (SSSR count). The van der Waals surface area contributed by atoms with Crippen LogP contribution in [0.15, 0.2) is 47.5 Å². The van der Waals surface area contributed by atoms with Crippen molar-refractivity contribution in [3.63, 3.8) is 0 Å². The van der Waals surface area contributed by atoms with Gasteiger partial charge in [0.25, 0.3) is 5.91 Å². The van der Waals surface area contributed by atoms with E-state index in [2.05, 4.69) is 32.1 Å². The molecule has 0 saturated carbocycles. The monoisotopic (exact) mass is 487 g/mol. The number of oxime groups is 1. The summed E-state index contributed by atoms with van der Waals surface area (Å²) in [6.07, 6.45) is 4.81. The minimum absolute atomic E-state index is 0.0886. The average molecular weight is 488 g/mol. The molecule has 1 unspecified atom stereocenters. The molecule has 0 aliphatic carbocycles. The van der Waals surface area contributed by atoms with Crippen LogP contribution in [0.4, 0.5) is 5.95 Å². The van der Waals surface area contributed by atoms with Crippen LogP contribution in [0, 0.1) is 17.8 Å². The zero-order valence-corrected chi connectivity index (χ0v) is 19.9. The fourth-order valence-corrected chi connectivity index (χ4v) is 4.02. The molecule has 11 heteroatoms. The number of aliphatic hydroxyl groups is 1. The number of ether oxygens (including phenoxy) is 1. The van der Waals surface area contributed by atoms with Crippen molar-refractivity contribution in [1.29, 1.82) is 0 Å². The van der Waals surface area contributed by atoms with E-state index in [4.69, 9.17) is 15.3 Å². The highest BCUT2D eigenvalue weighted by molar-refractivity contribution is 6.05. The highest BCUT2D eigenvalue weighted by Crippen LogP contribution is 2.25. The average Bonchev–Trinajstić information content (AvgIpc) is 3.26. The Morgan fingerprint density at radius 3 is 2.83 bits per heavy atom. The first-order valence-corrected chi connectivity index (χ1v) is 11.4. The number of benzene rings is 1. The molecule has 2 atom stereocenters. The smallest absolute Gasteiger partial charge is 0.275 e. The summed E-state index contributed by atoms with van der Waals surface area (Å²) in [5, 5.41) is 20.0. The standard InChI is InChI=1S/C25H25N7O4/c1-16-13-18(15-28-36-16)25(2,34)7-5-17-3-4-19-20(14-17)32(21-6-8-27-24(26)29-21)30-22(19)23(33)31-9-11-35-12-10-31/h3-4,6,8,13-15,18,34H,9-12H2,1-2H3,(H2,26,27,29)/t18?,25-/m0/s1. The molecule has 0 radical (unpaired) electrons. The van der Waals surface area contributed by atoms with E-state index in [9.17, 15) is 9.90 Å². The summed E-state index contributed by atoms with van der Waals surface area (Å²) >= 11 is 0. The molecule has 184 valence electrons. The molecule has 1 aromatic carbocycles. The lowest BCUT2D eigenvalue weighted by Crippen LogP contribution is -2.41. The number of carbonyl (C=O) groups excluding carboxylic acids is 1. The van der Waals surface area contributed by atoms with Crippen molar-refractivity contribution in [2.24, 2.45) is 11.1 Å². The van der Waals surface area contributed by atoms with E-state index < -0.39 is 11.5 Å².